The van der Waals surface area contributed by atoms with E-state index in [1.807, 2.05) is 60.7 Å². The number of methoxy groups -OCH3 is 1. The van der Waals surface area contributed by atoms with Crippen LogP contribution in [0, 0.1) is 13.8 Å². The minimum absolute atomic E-state index is 0.292. The summed E-state index contributed by atoms with van der Waals surface area (Å²) in [5.41, 5.74) is 3.07. The molecule has 0 spiro atoms. The summed E-state index contributed by atoms with van der Waals surface area (Å²) in [4.78, 5) is 0.292. The SMILES string of the molecule is COc1cc(C)c(S(=O)(=O)NC(c2ccccc2)c2ccccc2)c(C)c1. The van der Waals surface area contributed by atoms with E-state index in [2.05, 4.69) is 4.72 Å². The largest absolute Gasteiger partial charge is 0.497 e. The van der Waals surface area contributed by atoms with Gasteiger partial charge in [0, 0.05) is 0 Å². The van der Waals surface area contributed by atoms with Gasteiger partial charge in [-0.2, -0.15) is 4.72 Å². The molecule has 27 heavy (non-hydrogen) atoms. The van der Waals surface area contributed by atoms with Crippen molar-refractivity contribution < 1.29 is 13.2 Å². The Labute approximate surface area is 160 Å². The molecule has 1 N–H and O–H groups in total. The third-order valence-electron chi connectivity index (χ3n) is 4.48. The van der Waals surface area contributed by atoms with Crippen molar-refractivity contribution >= 4 is 10.0 Å². The molecule has 0 aromatic heterocycles. The minimum atomic E-state index is -3.75. The van der Waals surface area contributed by atoms with Crippen molar-refractivity contribution in [1.82, 2.24) is 4.72 Å². The van der Waals surface area contributed by atoms with Gasteiger partial charge < -0.3 is 4.74 Å². The van der Waals surface area contributed by atoms with Crippen molar-refractivity contribution in [2.45, 2.75) is 24.8 Å². The minimum Gasteiger partial charge on any atom is -0.497 e. The topological polar surface area (TPSA) is 55.4 Å². The molecule has 3 aromatic rings. The van der Waals surface area contributed by atoms with Crippen molar-refractivity contribution in [1.29, 1.82) is 0 Å². The van der Waals surface area contributed by atoms with Crippen molar-refractivity contribution in [3.8, 4) is 5.75 Å². The first-order valence-corrected chi connectivity index (χ1v) is 10.2. The predicted molar refractivity (Wildman–Crippen MR) is 108 cm³/mol. The van der Waals surface area contributed by atoms with Crippen molar-refractivity contribution in [2.24, 2.45) is 0 Å². The average molecular weight is 381 g/mol. The van der Waals surface area contributed by atoms with Gasteiger partial charge in [0.1, 0.15) is 5.75 Å². The summed E-state index contributed by atoms with van der Waals surface area (Å²) in [6.45, 7) is 3.56. The van der Waals surface area contributed by atoms with Gasteiger partial charge in [-0.15, -0.1) is 0 Å². The second kappa shape index (κ2) is 7.94. The molecule has 0 fully saturated rings. The molecule has 0 saturated heterocycles. The molecule has 0 aliphatic heterocycles. The smallest absolute Gasteiger partial charge is 0.241 e. The molecular formula is C22H23NO3S. The number of rotatable bonds is 6. The highest BCUT2D eigenvalue weighted by Gasteiger charge is 2.26. The molecule has 0 radical (unpaired) electrons. The van der Waals surface area contributed by atoms with Crippen LogP contribution in [0.1, 0.15) is 28.3 Å². The Morgan fingerprint density at radius 1 is 0.815 bits per heavy atom. The number of hydrogen-bond acceptors (Lipinski definition) is 3. The van der Waals surface area contributed by atoms with Gasteiger partial charge in [-0.05, 0) is 48.2 Å². The molecule has 3 aromatic carbocycles. The van der Waals surface area contributed by atoms with E-state index >= 15 is 0 Å². The zero-order chi connectivity index (χ0) is 19.4. The zero-order valence-electron chi connectivity index (χ0n) is 15.6. The Morgan fingerprint density at radius 2 is 1.26 bits per heavy atom. The molecule has 4 nitrogen and oxygen atoms in total. The third kappa shape index (κ3) is 4.21. The van der Waals surface area contributed by atoms with Gasteiger partial charge in [-0.25, -0.2) is 8.42 Å². The molecule has 0 bridgehead atoms. The predicted octanol–water partition coefficient (Wildman–Crippen LogP) is 4.38. The fraction of sp³-hybridized carbons (Fsp3) is 0.182. The van der Waals surface area contributed by atoms with Crippen molar-refractivity contribution in [3.05, 3.63) is 95.1 Å². The molecule has 5 heteroatoms. The van der Waals surface area contributed by atoms with Gasteiger partial charge in [0.2, 0.25) is 10.0 Å². The lowest BCUT2D eigenvalue weighted by atomic mass is 10.00. The highest BCUT2D eigenvalue weighted by Crippen LogP contribution is 2.29. The summed E-state index contributed by atoms with van der Waals surface area (Å²) in [6.07, 6.45) is 0. The maximum atomic E-state index is 13.3. The fourth-order valence-electron chi connectivity index (χ4n) is 3.29. The Morgan fingerprint density at radius 3 is 1.67 bits per heavy atom. The molecule has 0 unspecified atom stereocenters. The highest BCUT2D eigenvalue weighted by molar-refractivity contribution is 7.89. The van der Waals surface area contributed by atoms with E-state index < -0.39 is 16.1 Å². The molecule has 0 atom stereocenters. The Bertz CT molecular complexity index is 953. The van der Waals surface area contributed by atoms with Crippen LogP contribution in [0.3, 0.4) is 0 Å². The maximum Gasteiger partial charge on any atom is 0.241 e. The van der Waals surface area contributed by atoms with E-state index in [0.717, 1.165) is 11.1 Å². The number of ether oxygens (including phenoxy) is 1. The second-order valence-electron chi connectivity index (χ2n) is 6.47. The van der Waals surface area contributed by atoms with Crippen LogP contribution in [-0.4, -0.2) is 15.5 Å². The molecule has 0 aliphatic carbocycles. The lowest BCUT2D eigenvalue weighted by Crippen LogP contribution is -2.30. The van der Waals surface area contributed by atoms with Gasteiger partial charge in [0.25, 0.3) is 0 Å². The summed E-state index contributed by atoms with van der Waals surface area (Å²) in [5.74, 6) is 0.645. The van der Waals surface area contributed by atoms with Crippen LogP contribution in [0.25, 0.3) is 0 Å². The first-order chi connectivity index (χ1) is 12.9. The van der Waals surface area contributed by atoms with Gasteiger partial charge in [0.15, 0.2) is 0 Å². The van der Waals surface area contributed by atoms with Crippen LogP contribution in [0.4, 0.5) is 0 Å². The summed E-state index contributed by atoms with van der Waals surface area (Å²) >= 11 is 0. The van der Waals surface area contributed by atoms with E-state index in [9.17, 15) is 8.42 Å². The van der Waals surface area contributed by atoms with E-state index in [0.29, 0.717) is 21.8 Å². The van der Waals surface area contributed by atoms with E-state index in [1.165, 1.54) is 0 Å². The number of benzene rings is 3. The maximum absolute atomic E-state index is 13.3. The molecule has 3 rings (SSSR count). The third-order valence-corrected chi connectivity index (χ3v) is 6.20. The molecule has 0 amide bonds. The molecule has 140 valence electrons. The van der Waals surface area contributed by atoms with E-state index in [4.69, 9.17) is 4.74 Å². The Kier molecular flexibility index (Phi) is 5.63. The van der Waals surface area contributed by atoms with Gasteiger partial charge >= 0.3 is 0 Å². The number of nitrogens with one attached hydrogen (secondary N) is 1. The van der Waals surface area contributed by atoms with Crippen LogP contribution >= 0.6 is 0 Å². The van der Waals surface area contributed by atoms with Crippen LogP contribution in [0.5, 0.6) is 5.75 Å². The summed E-state index contributed by atoms with van der Waals surface area (Å²) in [7, 11) is -2.18. The lowest BCUT2D eigenvalue weighted by Gasteiger charge is -2.21. The Balaban J connectivity index is 2.06. The van der Waals surface area contributed by atoms with Crippen LogP contribution in [0.15, 0.2) is 77.7 Å². The second-order valence-corrected chi connectivity index (χ2v) is 8.12. The average Bonchev–Trinajstić information content (AvgIpc) is 2.66. The van der Waals surface area contributed by atoms with Gasteiger partial charge in [-0.3, -0.25) is 0 Å². The molecule has 0 aliphatic rings. The highest BCUT2D eigenvalue weighted by atomic mass is 32.2. The summed E-state index contributed by atoms with van der Waals surface area (Å²) in [6, 6.07) is 22.2. The monoisotopic (exact) mass is 381 g/mol. The van der Waals surface area contributed by atoms with E-state index in [1.54, 1.807) is 33.1 Å². The quantitative estimate of drug-likeness (QED) is 0.689. The standard InChI is InChI=1S/C22H23NO3S/c1-16-14-20(26-3)15-17(2)22(16)27(24,25)23-21(18-10-6-4-7-11-18)19-12-8-5-9-13-19/h4-15,21,23H,1-3H3. The number of hydrogen-bond donors (Lipinski definition) is 1. The van der Waals surface area contributed by atoms with Crippen LogP contribution in [0.2, 0.25) is 0 Å². The lowest BCUT2D eigenvalue weighted by molar-refractivity contribution is 0.413. The first kappa shape index (κ1) is 19.1. The Hall–Kier alpha value is -2.63. The zero-order valence-corrected chi connectivity index (χ0v) is 16.5. The van der Waals surface area contributed by atoms with Crippen molar-refractivity contribution in [3.63, 3.8) is 0 Å². The fourth-order valence-corrected chi connectivity index (χ4v) is 4.95. The molecule has 0 heterocycles. The first-order valence-electron chi connectivity index (χ1n) is 8.70. The van der Waals surface area contributed by atoms with Crippen LogP contribution in [-0.2, 0) is 10.0 Å². The number of aryl methyl sites for hydroxylation is 2. The van der Waals surface area contributed by atoms with Gasteiger partial charge in [-0.1, -0.05) is 60.7 Å². The van der Waals surface area contributed by atoms with Crippen molar-refractivity contribution in [2.75, 3.05) is 7.11 Å². The van der Waals surface area contributed by atoms with Gasteiger partial charge in [0.05, 0.1) is 18.0 Å². The molecule has 0 saturated carbocycles. The normalized spacial score (nSPS) is 11.6. The number of sulfonamides is 1. The summed E-state index contributed by atoms with van der Waals surface area (Å²) < 4.78 is 34.7. The van der Waals surface area contributed by atoms with E-state index in [-0.39, 0.29) is 0 Å². The molecular weight excluding hydrogens is 358 g/mol. The summed E-state index contributed by atoms with van der Waals surface area (Å²) in [5, 5.41) is 0. The van der Waals surface area contributed by atoms with Crippen LogP contribution < -0.4 is 9.46 Å².